The van der Waals surface area contributed by atoms with Gasteiger partial charge in [0.15, 0.2) is 0 Å². The molecule has 5 unspecified atom stereocenters. The molecule has 0 spiro atoms. The molecule has 3 fully saturated rings. The first-order chi connectivity index (χ1) is 8.83. The van der Waals surface area contributed by atoms with Crippen molar-refractivity contribution in [2.45, 2.75) is 31.4 Å². The summed E-state index contributed by atoms with van der Waals surface area (Å²) in [4.78, 5) is 11.7. The number of alkyl carbamates (subject to hydrolysis) is 1. The summed E-state index contributed by atoms with van der Waals surface area (Å²) in [6.07, 6.45) is 3.70. The summed E-state index contributed by atoms with van der Waals surface area (Å²) in [5.41, 5.74) is 1.22. The molecule has 1 aromatic carbocycles. The molecule has 2 aliphatic carbocycles. The van der Waals surface area contributed by atoms with Crippen molar-refractivity contribution < 1.29 is 9.53 Å². The lowest BCUT2D eigenvalue weighted by Crippen LogP contribution is -2.49. The maximum absolute atomic E-state index is 11.7. The second-order valence-electron chi connectivity index (χ2n) is 5.81. The lowest BCUT2D eigenvalue weighted by atomic mass is 9.78. The van der Waals surface area contributed by atoms with Crippen LogP contribution < -0.4 is 5.32 Å². The zero-order valence-corrected chi connectivity index (χ0v) is 10.2. The van der Waals surface area contributed by atoms with Crippen molar-refractivity contribution >= 4 is 6.09 Å². The highest BCUT2D eigenvalue weighted by molar-refractivity contribution is 5.69. The predicted octanol–water partition coefficient (Wildman–Crippen LogP) is 2.88. The third-order valence-corrected chi connectivity index (χ3v) is 4.96. The van der Waals surface area contributed by atoms with E-state index in [1.165, 1.54) is 24.8 Å². The maximum Gasteiger partial charge on any atom is 0.407 e. The van der Waals surface area contributed by atoms with Crippen molar-refractivity contribution in [2.75, 3.05) is 0 Å². The Bertz CT molecular complexity index is 473. The molecule has 1 N–H and O–H groups in total. The molecule has 5 atom stereocenters. The highest BCUT2D eigenvalue weighted by Gasteiger charge is 2.55. The lowest BCUT2D eigenvalue weighted by molar-refractivity contribution is -0.0144. The van der Waals surface area contributed by atoms with Crippen LogP contribution in [-0.4, -0.2) is 12.2 Å². The van der Waals surface area contributed by atoms with E-state index in [4.69, 9.17) is 4.74 Å². The molecule has 3 aliphatic rings. The molecule has 3 heteroatoms. The molecular formula is C15H17NO2. The van der Waals surface area contributed by atoms with Crippen LogP contribution in [0.5, 0.6) is 0 Å². The summed E-state index contributed by atoms with van der Waals surface area (Å²) < 4.78 is 5.55. The number of amides is 1. The molecule has 4 rings (SSSR count). The summed E-state index contributed by atoms with van der Waals surface area (Å²) in [7, 11) is 0. The number of rotatable bonds is 1. The smallest absolute Gasteiger partial charge is 0.407 e. The fraction of sp³-hybridized carbons (Fsp3) is 0.533. The third-order valence-electron chi connectivity index (χ3n) is 4.96. The molecule has 3 nitrogen and oxygen atoms in total. The molecule has 2 saturated carbocycles. The van der Waals surface area contributed by atoms with Crippen LogP contribution in [0.15, 0.2) is 30.3 Å². The Morgan fingerprint density at radius 3 is 2.72 bits per heavy atom. The molecule has 1 aromatic rings. The normalized spacial score (nSPS) is 41.1. The molecule has 2 bridgehead atoms. The minimum absolute atomic E-state index is 0.146. The highest BCUT2D eigenvalue weighted by Crippen LogP contribution is 2.55. The number of carbonyl (C=O) groups excluding carboxylic acids is 1. The molecule has 1 amide bonds. The summed E-state index contributed by atoms with van der Waals surface area (Å²) in [5.74, 6) is 1.81. The zero-order valence-electron chi connectivity index (χ0n) is 10.2. The van der Waals surface area contributed by atoms with E-state index in [9.17, 15) is 4.79 Å². The van der Waals surface area contributed by atoms with E-state index in [0.717, 1.165) is 5.92 Å². The van der Waals surface area contributed by atoms with Crippen LogP contribution >= 0.6 is 0 Å². The van der Waals surface area contributed by atoms with E-state index in [1.807, 2.05) is 18.2 Å². The Labute approximate surface area is 107 Å². The molecule has 18 heavy (non-hydrogen) atoms. The van der Waals surface area contributed by atoms with Crippen LogP contribution in [0.4, 0.5) is 4.79 Å². The van der Waals surface area contributed by atoms with Gasteiger partial charge in [-0.15, -0.1) is 0 Å². The van der Waals surface area contributed by atoms with Gasteiger partial charge in [0.2, 0.25) is 0 Å². The van der Waals surface area contributed by atoms with E-state index in [2.05, 4.69) is 17.4 Å². The molecule has 94 valence electrons. The summed E-state index contributed by atoms with van der Waals surface area (Å²) in [6, 6.07) is 10.5. The Kier molecular flexibility index (Phi) is 2.16. The van der Waals surface area contributed by atoms with Crippen LogP contribution in [-0.2, 0) is 4.74 Å². The number of nitrogens with one attached hydrogen (secondary N) is 1. The number of fused-ring (bicyclic) bond motifs is 5. The molecular weight excluding hydrogens is 226 g/mol. The van der Waals surface area contributed by atoms with Gasteiger partial charge in [0.25, 0.3) is 0 Å². The van der Waals surface area contributed by atoms with Gasteiger partial charge in [-0.3, -0.25) is 0 Å². The number of hydrogen-bond acceptors (Lipinski definition) is 2. The van der Waals surface area contributed by atoms with E-state index >= 15 is 0 Å². The summed E-state index contributed by atoms with van der Waals surface area (Å²) >= 11 is 0. The SMILES string of the molecule is O=C1NC(c2ccccc2)C2C3CCC(C3)C2O1. The van der Waals surface area contributed by atoms with E-state index < -0.39 is 0 Å². The van der Waals surface area contributed by atoms with Crippen molar-refractivity contribution in [3.63, 3.8) is 0 Å². The van der Waals surface area contributed by atoms with E-state index in [0.29, 0.717) is 11.8 Å². The zero-order chi connectivity index (χ0) is 12.1. The van der Waals surface area contributed by atoms with Crippen molar-refractivity contribution in [3.05, 3.63) is 35.9 Å². The fourth-order valence-corrected chi connectivity index (χ4v) is 4.27. The Balaban J connectivity index is 1.71. The van der Waals surface area contributed by atoms with Gasteiger partial charge in [-0.05, 0) is 36.7 Å². The van der Waals surface area contributed by atoms with Crippen LogP contribution in [0.3, 0.4) is 0 Å². The number of hydrogen-bond donors (Lipinski definition) is 1. The van der Waals surface area contributed by atoms with Crippen molar-refractivity contribution in [2.24, 2.45) is 17.8 Å². The largest absolute Gasteiger partial charge is 0.446 e. The second-order valence-corrected chi connectivity index (χ2v) is 5.81. The van der Waals surface area contributed by atoms with Gasteiger partial charge in [-0.1, -0.05) is 30.3 Å². The van der Waals surface area contributed by atoms with Gasteiger partial charge >= 0.3 is 6.09 Å². The minimum atomic E-state index is -0.238. The average molecular weight is 243 g/mol. The first-order valence-corrected chi connectivity index (χ1v) is 6.85. The standard InChI is InChI=1S/C15H17NO2/c17-15-16-13(9-4-2-1-3-5-9)12-10-6-7-11(8-10)14(12)18-15/h1-5,10-14H,6-8H2,(H,16,17). The van der Waals surface area contributed by atoms with Crippen LogP contribution in [0.2, 0.25) is 0 Å². The summed E-state index contributed by atoms with van der Waals surface area (Å²) in [6.45, 7) is 0. The monoisotopic (exact) mass is 243 g/mol. The predicted molar refractivity (Wildman–Crippen MR) is 66.9 cm³/mol. The van der Waals surface area contributed by atoms with Gasteiger partial charge < -0.3 is 10.1 Å². The second kappa shape index (κ2) is 3.74. The fourth-order valence-electron chi connectivity index (χ4n) is 4.27. The van der Waals surface area contributed by atoms with Gasteiger partial charge in [0.1, 0.15) is 6.10 Å². The first-order valence-electron chi connectivity index (χ1n) is 6.85. The number of ether oxygens (including phenoxy) is 1. The van der Waals surface area contributed by atoms with Crippen molar-refractivity contribution in [1.29, 1.82) is 0 Å². The average Bonchev–Trinajstić information content (AvgIpc) is 3.00. The Hall–Kier alpha value is -1.51. The quantitative estimate of drug-likeness (QED) is 0.823. The third kappa shape index (κ3) is 1.39. The summed E-state index contributed by atoms with van der Waals surface area (Å²) in [5, 5.41) is 3.03. The topological polar surface area (TPSA) is 38.3 Å². The Morgan fingerprint density at radius 1 is 1.11 bits per heavy atom. The minimum Gasteiger partial charge on any atom is -0.446 e. The molecule has 0 aromatic heterocycles. The van der Waals surface area contributed by atoms with Crippen molar-refractivity contribution in [1.82, 2.24) is 5.32 Å². The first kappa shape index (κ1) is 10.4. The number of carbonyl (C=O) groups is 1. The van der Waals surface area contributed by atoms with Gasteiger partial charge in [0.05, 0.1) is 6.04 Å². The van der Waals surface area contributed by atoms with Crippen LogP contribution in [0, 0.1) is 17.8 Å². The van der Waals surface area contributed by atoms with Gasteiger partial charge in [-0.25, -0.2) is 4.79 Å². The maximum atomic E-state index is 11.7. The van der Waals surface area contributed by atoms with Crippen LogP contribution in [0.25, 0.3) is 0 Å². The molecule has 1 heterocycles. The van der Waals surface area contributed by atoms with Gasteiger partial charge in [0, 0.05) is 5.92 Å². The van der Waals surface area contributed by atoms with E-state index in [1.54, 1.807) is 0 Å². The number of benzene rings is 1. The highest BCUT2D eigenvalue weighted by atomic mass is 16.6. The van der Waals surface area contributed by atoms with Crippen LogP contribution in [0.1, 0.15) is 30.9 Å². The lowest BCUT2D eigenvalue weighted by Gasteiger charge is -2.40. The molecule has 0 radical (unpaired) electrons. The Morgan fingerprint density at radius 2 is 1.89 bits per heavy atom. The van der Waals surface area contributed by atoms with Gasteiger partial charge in [-0.2, -0.15) is 0 Å². The molecule has 1 aliphatic heterocycles. The molecule has 1 saturated heterocycles. The van der Waals surface area contributed by atoms with E-state index in [-0.39, 0.29) is 18.2 Å². The van der Waals surface area contributed by atoms with Crippen molar-refractivity contribution in [3.8, 4) is 0 Å².